The number of amides is 2. The van der Waals surface area contributed by atoms with Crippen molar-refractivity contribution in [2.75, 3.05) is 44.6 Å². The van der Waals surface area contributed by atoms with E-state index in [2.05, 4.69) is 10.6 Å². The molecular formula is C21H26F2N4O2+2. The van der Waals surface area contributed by atoms with Crippen LogP contribution in [-0.4, -0.2) is 51.1 Å². The zero-order valence-electron chi connectivity index (χ0n) is 16.1. The first-order chi connectivity index (χ1) is 14.0. The molecule has 0 atom stereocenters. The monoisotopic (exact) mass is 404 g/mol. The smallest absolute Gasteiger partial charge is 0.279 e. The summed E-state index contributed by atoms with van der Waals surface area (Å²) in [5.41, 5.74) is 1.44. The van der Waals surface area contributed by atoms with Crippen molar-refractivity contribution in [3.8, 4) is 0 Å². The molecule has 0 spiro atoms. The molecule has 0 unspecified atom stereocenters. The van der Waals surface area contributed by atoms with Crippen LogP contribution in [0.25, 0.3) is 0 Å². The second-order valence-electron chi connectivity index (χ2n) is 7.31. The second-order valence-corrected chi connectivity index (χ2v) is 7.31. The Balaban J connectivity index is 1.34. The summed E-state index contributed by atoms with van der Waals surface area (Å²) >= 11 is 0. The minimum atomic E-state index is -0.338. The molecule has 0 aliphatic carbocycles. The maximum absolute atomic E-state index is 12.9. The van der Waals surface area contributed by atoms with Gasteiger partial charge in [0.15, 0.2) is 13.1 Å². The third kappa shape index (κ3) is 6.92. The van der Waals surface area contributed by atoms with Crippen molar-refractivity contribution in [3.63, 3.8) is 0 Å². The van der Waals surface area contributed by atoms with Gasteiger partial charge in [0.2, 0.25) is 0 Å². The Hall–Kier alpha value is -2.84. The van der Waals surface area contributed by atoms with Gasteiger partial charge in [-0.15, -0.1) is 0 Å². The molecule has 2 aromatic carbocycles. The van der Waals surface area contributed by atoms with Crippen LogP contribution >= 0.6 is 0 Å². The van der Waals surface area contributed by atoms with Crippen molar-refractivity contribution < 1.29 is 28.2 Å². The molecule has 1 aliphatic heterocycles. The number of quaternary nitrogens is 2. The maximum Gasteiger partial charge on any atom is 0.279 e. The molecule has 2 amide bonds. The highest BCUT2D eigenvalue weighted by Gasteiger charge is 2.26. The van der Waals surface area contributed by atoms with Crippen molar-refractivity contribution in [2.24, 2.45) is 0 Å². The molecule has 1 saturated heterocycles. The van der Waals surface area contributed by atoms with Gasteiger partial charge in [-0.2, -0.15) is 0 Å². The van der Waals surface area contributed by atoms with Gasteiger partial charge in [-0.25, -0.2) is 8.78 Å². The van der Waals surface area contributed by atoms with E-state index in [0.717, 1.165) is 31.7 Å². The van der Waals surface area contributed by atoms with Gasteiger partial charge in [-0.05, 0) is 42.0 Å². The average Bonchev–Trinajstić information content (AvgIpc) is 2.71. The van der Waals surface area contributed by atoms with Crippen LogP contribution in [0, 0.1) is 11.6 Å². The SMILES string of the molecule is O=C(C[NH+]1CC[NH+](CC(=O)Nc2ccc(F)cc2)CC1)NCc1ccc(F)cc1. The van der Waals surface area contributed by atoms with Gasteiger partial charge < -0.3 is 20.4 Å². The Kier molecular flexibility index (Phi) is 7.26. The number of nitrogens with one attached hydrogen (secondary N) is 4. The minimum absolute atomic E-state index is 0.0400. The van der Waals surface area contributed by atoms with Gasteiger partial charge in [0.1, 0.15) is 37.8 Å². The van der Waals surface area contributed by atoms with E-state index in [4.69, 9.17) is 0 Å². The summed E-state index contributed by atoms with van der Waals surface area (Å²) in [5.74, 6) is -0.778. The summed E-state index contributed by atoms with van der Waals surface area (Å²) in [6, 6.07) is 11.8. The minimum Gasteiger partial charge on any atom is -0.347 e. The summed E-state index contributed by atoms with van der Waals surface area (Å²) in [5, 5.41) is 5.64. The number of piperazine rings is 1. The Morgan fingerprint density at radius 3 is 1.79 bits per heavy atom. The molecule has 0 bridgehead atoms. The molecule has 0 aromatic heterocycles. The molecule has 29 heavy (non-hydrogen) atoms. The van der Waals surface area contributed by atoms with Crippen molar-refractivity contribution >= 4 is 17.5 Å². The van der Waals surface area contributed by atoms with Crippen molar-refractivity contribution in [2.45, 2.75) is 6.54 Å². The largest absolute Gasteiger partial charge is 0.347 e. The number of carbonyl (C=O) groups excluding carboxylic acids is 2. The molecule has 1 heterocycles. The van der Waals surface area contributed by atoms with E-state index in [-0.39, 0.29) is 23.4 Å². The molecule has 4 N–H and O–H groups in total. The fourth-order valence-electron chi connectivity index (χ4n) is 3.37. The number of anilines is 1. The molecule has 1 aliphatic rings. The normalized spacial score (nSPS) is 18.8. The summed E-state index contributed by atoms with van der Waals surface area (Å²) in [6.07, 6.45) is 0. The molecule has 0 saturated carbocycles. The molecule has 154 valence electrons. The lowest BCUT2D eigenvalue weighted by Gasteiger charge is -2.29. The fraction of sp³-hybridized carbons (Fsp3) is 0.333. The lowest BCUT2D eigenvalue weighted by atomic mass is 10.2. The van der Waals surface area contributed by atoms with E-state index in [1.165, 1.54) is 46.2 Å². The Bertz CT molecular complexity index is 820. The third-order valence-electron chi connectivity index (χ3n) is 5.02. The van der Waals surface area contributed by atoms with E-state index in [9.17, 15) is 18.4 Å². The van der Waals surface area contributed by atoms with E-state index in [0.29, 0.717) is 25.3 Å². The number of benzene rings is 2. The Labute approximate surface area is 168 Å². The van der Waals surface area contributed by atoms with Crippen molar-refractivity contribution in [1.82, 2.24) is 5.32 Å². The van der Waals surface area contributed by atoms with Crippen molar-refractivity contribution in [3.05, 3.63) is 65.7 Å². The van der Waals surface area contributed by atoms with E-state index in [1.807, 2.05) is 0 Å². The average molecular weight is 404 g/mol. The summed E-state index contributed by atoms with van der Waals surface area (Å²) in [7, 11) is 0. The molecule has 2 aromatic rings. The highest BCUT2D eigenvalue weighted by Crippen LogP contribution is 2.07. The van der Waals surface area contributed by atoms with E-state index >= 15 is 0 Å². The van der Waals surface area contributed by atoms with Gasteiger partial charge >= 0.3 is 0 Å². The topological polar surface area (TPSA) is 67.1 Å². The van der Waals surface area contributed by atoms with E-state index in [1.54, 1.807) is 12.1 Å². The maximum atomic E-state index is 12.9. The van der Waals surface area contributed by atoms with Crippen LogP contribution in [-0.2, 0) is 16.1 Å². The lowest BCUT2D eigenvalue weighted by molar-refractivity contribution is -1.00. The quantitative estimate of drug-likeness (QED) is 0.479. The van der Waals surface area contributed by atoms with Crippen molar-refractivity contribution in [1.29, 1.82) is 0 Å². The Morgan fingerprint density at radius 2 is 1.24 bits per heavy atom. The van der Waals surface area contributed by atoms with Crippen LogP contribution in [0.2, 0.25) is 0 Å². The lowest BCUT2D eigenvalue weighted by Crippen LogP contribution is -3.28. The van der Waals surface area contributed by atoms with Gasteiger partial charge in [-0.3, -0.25) is 9.59 Å². The van der Waals surface area contributed by atoms with Crippen LogP contribution in [0.15, 0.2) is 48.5 Å². The first kappa shape index (κ1) is 20.9. The van der Waals surface area contributed by atoms with Crippen LogP contribution in [0.4, 0.5) is 14.5 Å². The fourth-order valence-corrected chi connectivity index (χ4v) is 3.37. The van der Waals surface area contributed by atoms with Gasteiger partial charge in [0.25, 0.3) is 11.8 Å². The van der Waals surface area contributed by atoms with Crippen LogP contribution in [0.1, 0.15) is 5.56 Å². The first-order valence-corrected chi connectivity index (χ1v) is 9.71. The third-order valence-corrected chi connectivity index (χ3v) is 5.02. The Morgan fingerprint density at radius 1 is 0.759 bits per heavy atom. The molecule has 1 fully saturated rings. The molecule has 0 radical (unpaired) electrons. The van der Waals surface area contributed by atoms with Crippen LogP contribution in [0.5, 0.6) is 0 Å². The second kappa shape index (κ2) is 10.1. The molecule has 3 rings (SSSR count). The number of halogens is 2. The molecule has 6 nitrogen and oxygen atoms in total. The van der Waals surface area contributed by atoms with E-state index < -0.39 is 0 Å². The zero-order valence-corrected chi connectivity index (χ0v) is 16.1. The highest BCUT2D eigenvalue weighted by molar-refractivity contribution is 5.91. The first-order valence-electron chi connectivity index (χ1n) is 9.71. The van der Waals surface area contributed by atoms with Gasteiger partial charge in [0.05, 0.1) is 0 Å². The number of rotatable bonds is 7. The number of hydrogen-bond acceptors (Lipinski definition) is 2. The summed E-state index contributed by atoms with van der Waals surface area (Å²) < 4.78 is 25.8. The molecular weight excluding hydrogens is 378 g/mol. The predicted octanol–water partition coefficient (Wildman–Crippen LogP) is -0.997. The molecule has 8 heteroatoms. The zero-order chi connectivity index (χ0) is 20.6. The predicted molar refractivity (Wildman–Crippen MR) is 104 cm³/mol. The number of carbonyl (C=O) groups is 2. The highest BCUT2D eigenvalue weighted by atomic mass is 19.1. The van der Waals surface area contributed by atoms with Crippen LogP contribution < -0.4 is 20.4 Å². The summed E-state index contributed by atoms with van der Waals surface area (Å²) in [4.78, 5) is 26.6. The standard InChI is InChI=1S/C21H24F2N4O2/c22-17-3-1-16(2-4-17)13-24-20(28)14-26-9-11-27(12-10-26)15-21(29)25-19-7-5-18(23)6-8-19/h1-8H,9-15H2,(H,24,28)(H,25,29)/p+2. The summed E-state index contributed by atoms with van der Waals surface area (Å²) in [6.45, 7) is 4.34. The van der Waals surface area contributed by atoms with Crippen LogP contribution in [0.3, 0.4) is 0 Å². The number of hydrogen-bond donors (Lipinski definition) is 4. The van der Waals surface area contributed by atoms with Gasteiger partial charge in [-0.1, -0.05) is 12.1 Å². The van der Waals surface area contributed by atoms with Gasteiger partial charge in [0, 0.05) is 12.2 Å².